The predicted octanol–water partition coefficient (Wildman–Crippen LogP) is 2.82. The number of rotatable bonds is 27. The van der Waals surface area contributed by atoms with Crippen LogP contribution in [0.2, 0.25) is 0 Å². The van der Waals surface area contributed by atoms with Gasteiger partial charge < -0.3 is 50.5 Å². The highest BCUT2D eigenvalue weighted by Crippen LogP contribution is 2.23. The number of unbranched alkanes of at least 4 members (excludes halogenated alkanes) is 15. The molecule has 0 bridgehead atoms. The van der Waals surface area contributed by atoms with Gasteiger partial charge in [-0.15, -0.1) is 0 Å². The van der Waals surface area contributed by atoms with E-state index in [4.69, 9.17) is 9.47 Å². The summed E-state index contributed by atoms with van der Waals surface area (Å²) >= 11 is 0. The van der Waals surface area contributed by atoms with Crippen molar-refractivity contribution in [3.05, 3.63) is 0 Å². The second-order valence-corrected chi connectivity index (χ2v) is 12.6. The Labute approximate surface area is 265 Å². The van der Waals surface area contributed by atoms with Crippen LogP contribution < -0.4 is 5.32 Å². The molecule has 0 aromatic rings. The minimum absolute atomic E-state index is 0.263. The Morgan fingerprint density at radius 3 is 1.70 bits per heavy atom. The molecule has 0 spiro atoms. The third-order valence-electron chi connectivity index (χ3n) is 8.66. The van der Waals surface area contributed by atoms with Gasteiger partial charge in [0.2, 0.25) is 5.91 Å². The first kappa shape index (κ1) is 41.1. The highest BCUT2D eigenvalue weighted by atomic mass is 16.7. The molecule has 1 aliphatic heterocycles. The Balaban J connectivity index is 2.46. The number of carbonyl (C=O) groups excluding carboxylic acids is 1. The molecule has 1 aliphatic rings. The highest BCUT2D eigenvalue weighted by Gasteiger charge is 2.44. The third-order valence-corrected chi connectivity index (χ3v) is 8.66. The van der Waals surface area contributed by atoms with E-state index in [0.29, 0.717) is 19.3 Å². The molecule has 1 rings (SSSR count). The normalized spacial score (nSPS) is 25.0. The highest BCUT2D eigenvalue weighted by molar-refractivity contribution is 5.80. The monoisotopic (exact) mass is 635 g/mol. The molecule has 0 aromatic carbocycles. The smallest absolute Gasteiger partial charge is 0.249 e. The summed E-state index contributed by atoms with van der Waals surface area (Å²) in [4.78, 5) is 12.8. The standard InChI is InChI=1S/C33H65NO10/c1-3-5-7-8-9-10-11-12-13-14-15-16-17-19-21-26(37)32(42)34-24(28(38)25(36)20-18-6-4-2)23-43-33-31(41)30(40)29(39)27(22-35)44-33/h24-31,33,35-41H,3-23H2,1-2H3,(H,34,42). The van der Waals surface area contributed by atoms with Crippen LogP contribution in [0.25, 0.3) is 0 Å². The second-order valence-electron chi connectivity index (χ2n) is 12.6. The molecule has 44 heavy (non-hydrogen) atoms. The van der Waals surface area contributed by atoms with Crippen molar-refractivity contribution in [2.75, 3.05) is 13.2 Å². The fourth-order valence-corrected chi connectivity index (χ4v) is 5.61. The van der Waals surface area contributed by atoms with Crippen molar-refractivity contribution in [2.45, 2.75) is 191 Å². The third kappa shape index (κ3) is 16.6. The summed E-state index contributed by atoms with van der Waals surface area (Å²) in [5.74, 6) is -0.707. The zero-order valence-corrected chi connectivity index (χ0v) is 27.4. The van der Waals surface area contributed by atoms with Crippen LogP contribution in [-0.2, 0) is 14.3 Å². The first-order valence-corrected chi connectivity index (χ1v) is 17.4. The number of aliphatic hydroxyl groups excluding tert-OH is 7. The summed E-state index contributed by atoms with van der Waals surface area (Å²) in [6, 6.07) is -1.16. The van der Waals surface area contributed by atoms with E-state index < -0.39 is 74.2 Å². The lowest BCUT2D eigenvalue weighted by molar-refractivity contribution is -0.303. The zero-order chi connectivity index (χ0) is 32.7. The van der Waals surface area contributed by atoms with Crippen LogP contribution >= 0.6 is 0 Å². The second kappa shape index (κ2) is 25.2. The maximum absolute atomic E-state index is 12.8. The molecule has 0 aliphatic carbocycles. The van der Waals surface area contributed by atoms with Gasteiger partial charge in [-0.05, 0) is 12.8 Å². The predicted molar refractivity (Wildman–Crippen MR) is 169 cm³/mol. The quantitative estimate of drug-likeness (QED) is 0.0623. The number of hydrogen-bond donors (Lipinski definition) is 8. The minimum Gasteiger partial charge on any atom is -0.394 e. The van der Waals surface area contributed by atoms with E-state index in [-0.39, 0.29) is 6.42 Å². The number of nitrogens with one attached hydrogen (secondary N) is 1. The van der Waals surface area contributed by atoms with Gasteiger partial charge in [0.05, 0.1) is 25.4 Å². The van der Waals surface area contributed by atoms with E-state index >= 15 is 0 Å². The molecule has 11 heteroatoms. The summed E-state index contributed by atoms with van der Waals surface area (Å²) < 4.78 is 10.9. The fourth-order valence-electron chi connectivity index (χ4n) is 5.61. The lowest BCUT2D eigenvalue weighted by Gasteiger charge is -2.40. The maximum Gasteiger partial charge on any atom is 0.249 e. The molecule has 9 atom stereocenters. The topological polar surface area (TPSA) is 189 Å². The fraction of sp³-hybridized carbons (Fsp3) is 0.970. The van der Waals surface area contributed by atoms with Gasteiger partial charge in [0.15, 0.2) is 6.29 Å². The van der Waals surface area contributed by atoms with Gasteiger partial charge in [0.1, 0.15) is 36.6 Å². The molecular weight excluding hydrogens is 570 g/mol. The zero-order valence-electron chi connectivity index (χ0n) is 27.4. The van der Waals surface area contributed by atoms with Crippen molar-refractivity contribution in [1.82, 2.24) is 5.32 Å². The largest absolute Gasteiger partial charge is 0.394 e. The molecule has 1 fully saturated rings. The molecule has 1 amide bonds. The molecule has 0 aromatic heterocycles. The summed E-state index contributed by atoms with van der Waals surface area (Å²) in [5, 5.41) is 74.2. The van der Waals surface area contributed by atoms with E-state index in [9.17, 15) is 40.5 Å². The lowest BCUT2D eigenvalue weighted by Crippen LogP contribution is -2.60. The van der Waals surface area contributed by atoms with E-state index in [0.717, 1.165) is 32.1 Å². The van der Waals surface area contributed by atoms with Crippen molar-refractivity contribution >= 4 is 5.91 Å². The van der Waals surface area contributed by atoms with Crippen LogP contribution in [0.3, 0.4) is 0 Å². The van der Waals surface area contributed by atoms with Crippen molar-refractivity contribution in [1.29, 1.82) is 0 Å². The van der Waals surface area contributed by atoms with Crippen molar-refractivity contribution in [2.24, 2.45) is 0 Å². The van der Waals surface area contributed by atoms with Crippen LogP contribution in [0.5, 0.6) is 0 Å². The summed E-state index contributed by atoms with van der Waals surface area (Å²) in [6.45, 7) is 3.20. The van der Waals surface area contributed by atoms with Gasteiger partial charge in [0, 0.05) is 0 Å². The molecule has 8 N–H and O–H groups in total. The van der Waals surface area contributed by atoms with Gasteiger partial charge in [-0.25, -0.2) is 0 Å². The first-order valence-electron chi connectivity index (χ1n) is 17.4. The first-order chi connectivity index (χ1) is 21.2. The van der Waals surface area contributed by atoms with Gasteiger partial charge >= 0.3 is 0 Å². The van der Waals surface area contributed by atoms with Crippen LogP contribution in [0.1, 0.15) is 136 Å². The Hall–Kier alpha value is -0.890. The number of carbonyl (C=O) groups is 1. The Morgan fingerprint density at radius 2 is 1.18 bits per heavy atom. The molecule has 11 nitrogen and oxygen atoms in total. The Morgan fingerprint density at radius 1 is 0.705 bits per heavy atom. The van der Waals surface area contributed by atoms with Gasteiger partial charge in [-0.1, -0.05) is 123 Å². The van der Waals surface area contributed by atoms with Crippen LogP contribution in [0.4, 0.5) is 0 Å². The average molecular weight is 636 g/mol. The van der Waals surface area contributed by atoms with Crippen molar-refractivity contribution < 1.29 is 50.0 Å². The molecule has 9 unspecified atom stereocenters. The van der Waals surface area contributed by atoms with Gasteiger partial charge in [0.25, 0.3) is 0 Å². The van der Waals surface area contributed by atoms with E-state index in [1.165, 1.54) is 64.2 Å². The summed E-state index contributed by atoms with van der Waals surface area (Å²) in [5.41, 5.74) is 0. The molecule has 1 saturated heterocycles. The SMILES string of the molecule is CCCCCCCCCCCCCCCCC(O)C(=O)NC(COC1OC(CO)C(O)C(O)C1O)C(O)C(O)CCCCC. The van der Waals surface area contributed by atoms with Crippen molar-refractivity contribution in [3.8, 4) is 0 Å². The van der Waals surface area contributed by atoms with Gasteiger partial charge in [-0.3, -0.25) is 4.79 Å². The number of hydrogen-bond acceptors (Lipinski definition) is 10. The number of ether oxygens (including phenoxy) is 2. The summed E-state index contributed by atoms with van der Waals surface area (Å²) in [7, 11) is 0. The van der Waals surface area contributed by atoms with Gasteiger partial charge in [-0.2, -0.15) is 0 Å². The van der Waals surface area contributed by atoms with E-state index in [1.54, 1.807) is 0 Å². The van der Waals surface area contributed by atoms with Crippen LogP contribution in [0.15, 0.2) is 0 Å². The van der Waals surface area contributed by atoms with Crippen molar-refractivity contribution in [3.63, 3.8) is 0 Å². The molecule has 262 valence electrons. The molecule has 0 saturated carbocycles. The van der Waals surface area contributed by atoms with E-state index in [1.807, 2.05) is 6.92 Å². The molecule has 1 heterocycles. The Bertz CT molecular complexity index is 699. The molecular formula is C33H65NO10. The number of amides is 1. The average Bonchev–Trinajstić information content (AvgIpc) is 3.02. The van der Waals surface area contributed by atoms with Crippen LogP contribution in [-0.4, -0.2) is 110 Å². The number of aliphatic hydroxyl groups is 7. The lowest BCUT2D eigenvalue weighted by atomic mass is 9.98. The summed E-state index contributed by atoms with van der Waals surface area (Å²) in [6.07, 6.45) is 8.46. The molecule has 0 radical (unpaired) electrons. The van der Waals surface area contributed by atoms with E-state index in [2.05, 4.69) is 12.2 Å². The van der Waals surface area contributed by atoms with Crippen LogP contribution in [0, 0.1) is 0 Å². The maximum atomic E-state index is 12.8. The minimum atomic E-state index is -1.65. The Kier molecular flexibility index (Phi) is 23.6.